The summed E-state index contributed by atoms with van der Waals surface area (Å²) in [4.78, 5) is 20.1. The van der Waals surface area contributed by atoms with Crippen LogP contribution in [-0.2, 0) is 6.42 Å². The van der Waals surface area contributed by atoms with E-state index in [1.54, 1.807) is 6.20 Å². The van der Waals surface area contributed by atoms with Crippen molar-refractivity contribution in [2.75, 3.05) is 0 Å². The fourth-order valence-electron chi connectivity index (χ4n) is 1.44. The third kappa shape index (κ3) is 2.97. The van der Waals surface area contributed by atoms with E-state index in [9.17, 15) is 4.79 Å². The molecule has 2 rings (SSSR count). The van der Waals surface area contributed by atoms with Crippen LogP contribution in [0, 0.1) is 6.92 Å². The van der Waals surface area contributed by atoms with Gasteiger partial charge in [-0.3, -0.25) is 9.78 Å². The van der Waals surface area contributed by atoms with E-state index in [0.29, 0.717) is 12.1 Å². The lowest BCUT2D eigenvalue weighted by molar-refractivity contribution is 0.0987. The molecule has 17 heavy (non-hydrogen) atoms. The van der Waals surface area contributed by atoms with E-state index >= 15 is 0 Å². The number of carbonyl (C=O) groups excluding carboxylic acids is 1. The predicted octanol–water partition coefficient (Wildman–Crippen LogP) is 2.97. The largest absolute Gasteiger partial charge is 0.292 e. The Balaban J connectivity index is 2.17. The van der Waals surface area contributed by atoms with Gasteiger partial charge in [0.1, 0.15) is 5.69 Å². The molecule has 0 amide bonds. The third-order valence-electron chi connectivity index (χ3n) is 2.38. The normalized spacial score (nSPS) is 10.2. The number of hydrogen-bond acceptors (Lipinski definition) is 3. The number of hydrogen-bond donors (Lipinski definition) is 0. The Morgan fingerprint density at radius 1 is 1.24 bits per heavy atom. The number of aryl methyl sites for hydroxylation is 1. The minimum absolute atomic E-state index is 0.0237. The molecule has 86 valence electrons. The van der Waals surface area contributed by atoms with Crippen molar-refractivity contribution in [1.82, 2.24) is 9.97 Å². The average Bonchev–Trinajstić information content (AvgIpc) is 2.33. The molecule has 0 aliphatic heterocycles. The molecule has 0 radical (unpaired) electrons. The summed E-state index contributed by atoms with van der Waals surface area (Å²) in [6, 6.07) is 7.67. The SMILES string of the molecule is Cc1cnc(C(=O)Cc2ccccc2Br)cn1. The van der Waals surface area contributed by atoms with Crippen molar-refractivity contribution in [3.05, 3.63) is 58.1 Å². The first-order chi connectivity index (χ1) is 8.16. The maximum atomic E-state index is 12.0. The number of carbonyl (C=O) groups is 1. The molecule has 0 aliphatic carbocycles. The highest BCUT2D eigenvalue weighted by atomic mass is 79.9. The Labute approximate surface area is 108 Å². The van der Waals surface area contributed by atoms with Crippen molar-refractivity contribution in [3.8, 4) is 0 Å². The summed E-state index contributed by atoms with van der Waals surface area (Å²) >= 11 is 3.42. The zero-order chi connectivity index (χ0) is 12.3. The molecule has 0 spiro atoms. The van der Waals surface area contributed by atoms with Crippen LogP contribution in [-0.4, -0.2) is 15.8 Å². The monoisotopic (exact) mass is 290 g/mol. The minimum atomic E-state index is -0.0237. The predicted molar refractivity (Wildman–Crippen MR) is 68.9 cm³/mol. The number of Topliss-reactive ketones (excluding diaryl/α,β-unsaturated/α-hetero) is 1. The summed E-state index contributed by atoms with van der Waals surface area (Å²) < 4.78 is 0.938. The van der Waals surface area contributed by atoms with Crippen molar-refractivity contribution in [1.29, 1.82) is 0 Å². The van der Waals surface area contributed by atoms with Crippen LogP contribution in [0.25, 0.3) is 0 Å². The zero-order valence-corrected chi connectivity index (χ0v) is 10.9. The van der Waals surface area contributed by atoms with E-state index < -0.39 is 0 Å². The molecule has 1 aromatic carbocycles. The molecule has 2 aromatic rings. The Hall–Kier alpha value is -1.55. The van der Waals surface area contributed by atoms with Gasteiger partial charge < -0.3 is 0 Å². The first kappa shape index (κ1) is 11.9. The van der Waals surface area contributed by atoms with Gasteiger partial charge in [-0.15, -0.1) is 0 Å². The average molecular weight is 291 g/mol. The van der Waals surface area contributed by atoms with Gasteiger partial charge in [-0.05, 0) is 18.6 Å². The van der Waals surface area contributed by atoms with Crippen LogP contribution in [0.5, 0.6) is 0 Å². The second-order valence-corrected chi connectivity index (χ2v) is 4.59. The number of benzene rings is 1. The van der Waals surface area contributed by atoms with Gasteiger partial charge in [0, 0.05) is 17.1 Å². The minimum Gasteiger partial charge on any atom is -0.292 e. The van der Waals surface area contributed by atoms with Crippen molar-refractivity contribution < 1.29 is 4.79 Å². The van der Waals surface area contributed by atoms with Crippen molar-refractivity contribution >= 4 is 21.7 Å². The molecule has 0 N–H and O–H groups in total. The van der Waals surface area contributed by atoms with E-state index in [2.05, 4.69) is 25.9 Å². The lowest BCUT2D eigenvalue weighted by atomic mass is 10.1. The molecule has 0 saturated heterocycles. The van der Waals surface area contributed by atoms with Gasteiger partial charge in [-0.2, -0.15) is 0 Å². The van der Waals surface area contributed by atoms with Crippen molar-refractivity contribution in [2.45, 2.75) is 13.3 Å². The summed E-state index contributed by atoms with van der Waals surface area (Å²) in [6.45, 7) is 1.84. The van der Waals surface area contributed by atoms with Gasteiger partial charge in [0.2, 0.25) is 0 Å². The molecule has 3 nitrogen and oxygen atoms in total. The van der Waals surface area contributed by atoms with Crippen molar-refractivity contribution in [2.24, 2.45) is 0 Å². The molecule has 1 aromatic heterocycles. The van der Waals surface area contributed by atoms with Gasteiger partial charge in [0.15, 0.2) is 5.78 Å². The van der Waals surface area contributed by atoms with Crippen LogP contribution >= 0.6 is 15.9 Å². The summed E-state index contributed by atoms with van der Waals surface area (Å²) in [5.74, 6) is -0.0237. The van der Waals surface area contributed by atoms with E-state index in [-0.39, 0.29) is 5.78 Å². The molecule has 1 heterocycles. The molecule has 0 fully saturated rings. The van der Waals surface area contributed by atoms with Crippen LogP contribution in [0.3, 0.4) is 0 Å². The van der Waals surface area contributed by atoms with Gasteiger partial charge in [-0.25, -0.2) is 4.98 Å². The molecule has 0 atom stereocenters. The molecule has 4 heteroatoms. The fraction of sp³-hybridized carbons (Fsp3) is 0.154. The highest BCUT2D eigenvalue weighted by molar-refractivity contribution is 9.10. The summed E-state index contributed by atoms with van der Waals surface area (Å²) in [5, 5.41) is 0. The number of aromatic nitrogens is 2. The van der Waals surface area contributed by atoms with Gasteiger partial charge >= 0.3 is 0 Å². The number of halogens is 1. The maximum Gasteiger partial charge on any atom is 0.187 e. The Kier molecular flexibility index (Phi) is 3.64. The van der Waals surface area contributed by atoms with E-state index in [1.807, 2.05) is 31.2 Å². The standard InChI is InChI=1S/C13H11BrN2O/c1-9-7-16-12(8-15-9)13(17)6-10-4-2-3-5-11(10)14/h2-5,7-8H,6H2,1H3. The highest BCUT2D eigenvalue weighted by Gasteiger charge is 2.10. The lowest BCUT2D eigenvalue weighted by Gasteiger charge is -2.03. The summed E-state index contributed by atoms with van der Waals surface area (Å²) in [7, 11) is 0. The van der Waals surface area contributed by atoms with Gasteiger partial charge in [-0.1, -0.05) is 34.1 Å². The topological polar surface area (TPSA) is 42.9 Å². The van der Waals surface area contributed by atoms with Crippen LogP contribution in [0.1, 0.15) is 21.7 Å². The molecule has 0 unspecified atom stereocenters. The highest BCUT2D eigenvalue weighted by Crippen LogP contribution is 2.17. The number of ketones is 1. The van der Waals surface area contributed by atoms with Gasteiger partial charge in [0.25, 0.3) is 0 Å². The molecule has 0 aliphatic rings. The lowest BCUT2D eigenvalue weighted by Crippen LogP contribution is -2.07. The van der Waals surface area contributed by atoms with Crippen molar-refractivity contribution in [3.63, 3.8) is 0 Å². The van der Waals surface area contributed by atoms with E-state index in [1.165, 1.54) is 6.20 Å². The molecular weight excluding hydrogens is 280 g/mol. The molecular formula is C13H11BrN2O. The van der Waals surface area contributed by atoms with Crippen LogP contribution < -0.4 is 0 Å². The Morgan fingerprint density at radius 2 is 2.00 bits per heavy atom. The summed E-state index contributed by atoms with van der Waals surface area (Å²) in [5.41, 5.74) is 2.17. The molecule has 0 bridgehead atoms. The van der Waals surface area contributed by atoms with Crippen LogP contribution in [0.15, 0.2) is 41.1 Å². The van der Waals surface area contributed by atoms with E-state index in [4.69, 9.17) is 0 Å². The van der Waals surface area contributed by atoms with E-state index in [0.717, 1.165) is 15.7 Å². The Morgan fingerprint density at radius 3 is 2.65 bits per heavy atom. The van der Waals surface area contributed by atoms with Crippen LogP contribution in [0.4, 0.5) is 0 Å². The Bertz CT molecular complexity index is 537. The number of rotatable bonds is 3. The quantitative estimate of drug-likeness (QED) is 0.816. The van der Waals surface area contributed by atoms with Gasteiger partial charge in [0.05, 0.1) is 11.9 Å². The first-order valence-corrected chi connectivity index (χ1v) is 6.01. The second kappa shape index (κ2) is 5.19. The molecule has 0 saturated carbocycles. The zero-order valence-electron chi connectivity index (χ0n) is 9.35. The number of nitrogens with zero attached hydrogens (tertiary/aromatic N) is 2. The van der Waals surface area contributed by atoms with Crippen LogP contribution in [0.2, 0.25) is 0 Å². The summed E-state index contributed by atoms with van der Waals surface area (Å²) in [6.07, 6.45) is 3.46. The fourth-order valence-corrected chi connectivity index (χ4v) is 1.87. The third-order valence-corrected chi connectivity index (χ3v) is 3.15. The smallest absolute Gasteiger partial charge is 0.187 e. The first-order valence-electron chi connectivity index (χ1n) is 5.22. The maximum absolute atomic E-state index is 12.0. The second-order valence-electron chi connectivity index (χ2n) is 3.73.